The highest BCUT2D eigenvalue weighted by atomic mass is 16.5. The number of esters is 1. The van der Waals surface area contributed by atoms with Gasteiger partial charge in [-0.1, -0.05) is 98.0 Å². The van der Waals surface area contributed by atoms with Crippen molar-refractivity contribution in [2.75, 3.05) is 20.2 Å². The summed E-state index contributed by atoms with van der Waals surface area (Å²) in [5, 5.41) is 25.0. The summed E-state index contributed by atoms with van der Waals surface area (Å²) < 4.78 is 5.73. The fourth-order valence-electron chi connectivity index (χ4n) is 5.23. The molecule has 0 aromatic rings. The Kier molecular flexibility index (Phi) is 18.5. The number of aliphatic hydroxyl groups excluding tert-OH is 2. The first kappa shape index (κ1) is 39.0. The SMILES string of the molecule is CC(C)CCCCCCCCCCC[C@@H](C)[C@@H]1OC(=O)[C@H]([C@H](O)C(N)=O)NC(=O)CN(C)C(=O)/C=C/[C@@H](CO)NC(=O)[C@H]1C. The van der Waals surface area contributed by atoms with Gasteiger partial charge in [0, 0.05) is 13.1 Å². The Morgan fingerprint density at radius 1 is 0.977 bits per heavy atom. The second-order valence-corrected chi connectivity index (χ2v) is 12.6. The number of carbonyl (C=O) groups excluding carboxylic acids is 5. The second-order valence-electron chi connectivity index (χ2n) is 12.6. The van der Waals surface area contributed by atoms with E-state index in [9.17, 15) is 34.2 Å². The Morgan fingerprint density at radius 3 is 2.05 bits per heavy atom. The number of nitrogens with one attached hydrogen (secondary N) is 2. The summed E-state index contributed by atoms with van der Waals surface area (Å²) in [4.78, 5) is 64.4. The first-order chi connectivity index (χ1) is 20.8. The number of amides is 4. The second kappa shape index (κ2) is 20.9. The van der Waals surface area contributed by atoms with Gasteiger partial charge in [0.15, 0.2) is 12.1 Å². The van der Waals surface area contributed by atoms with E-state index in [4.69, 9.17) is 10.5 Å². The van der Waals surface area contributed by atoms with Crippen LogP contribution in [0.3, 0.4) is 0 Å². The van der Waals surface area contributed by atoms with E-state index in [-0.39, 0.29) is 5.92 Å². The monoisotopic (exact) mass is 624 g/mol. The highest BCUT2D eigenvalue weighted by molar-refractivity contribution is 5.95. The molecule has 0 saturated heterocycles. The van der Waals surface area contributed by atoms with Crippen LogP contribution in [-0.2, 0) is 28.7 Å². The van der Waals surface area contributed by atoms with Crippen molar-refractivity contribution in [1.82, 2.24) is 15.5 Å². The topological polar surface area (TPSA) is 188 Å². The number of rotatable bonds is 16. The van der Waals surface area contributed by atoms with Crippen LogP contribution >= 0.6 is 0 Å². The van der Waals surface area contributed by atoms with Gasteiger partial charge in [0.25, 0.3) is 0 Å². The number of cyclic esters (lactones) is 1. The van der Waals surface area contributed by atoms with E-state index in [2.05, 4.69) is 24.5 Å². The molecular weight excluding hydrogens is 568 g/mol. The van der Waals surface area contributed by atoms with Gasteiger partial charge in [0.05, 0.1) is 25.1 Å². The van der Waals surface area contributed by atoms with Crippen LogP contribution in [0, 0.1) is 17.8 Å². The Balaban J connectivity index is 2.96. The maximum Gasteiger partial charge on any atom is 0.332 e. The third kappa shape index (κ3) is 14.7. The van der Waals surface area contributed by atoms with Crippen LogP contribution in [0.2, 0.25) is 0 Å². The smallest absolute Gasteiger partial charge is 0.332 e. The van der Waals surface area contributed by atoms with Crippen molar-refractivity contribution < 1.29 is 38.9 Å². The molecule has 0 unspecified atom stereocenters. The standard InChI is InChI=1S/C32H56N4O8/c1-21(2)15-13-11-9-7-6-8-10-12-14-16-22(3)29-23(4)31(42)34-24(20-37)17-18-26(39)36(5)19-25(38)35-27(32(43)44-29)28(40)30(33)41/h17-18,21-24,27-29,37,40H,6-16,19-20H2,1-5H3,(H2,33,41)(H,34,42)(H,35,38)/b18-17+/t22-,23+,24+,27+,28+,29+/m1/s1. The van der Waals surface area contributed by atoms with Crippen molar-refractivity contribution in [1.29, 1.82) is 0 Å². The van der Waals surface area contributed by atoms with Crippen LogP contribution in [-0.4, -0.2) is 89.2 Å². The van der Waals surface area contributed by atoms with Crippen LogP contribution in [0.25, 0.3) is 0 Å². The van der Waals surface area contributed by atoms with Crippen LogP contribution in [0.5, 0.6) is 0 Å². The van der Waals surface area contributed by atoms with E-state index in [1.807, 2.05) is 6.92 Å². The van der Waals surface area contributed by atoms with Crippen molar-refractivity contribution in [3.8, 4) is 0 Å². The number of nitrogens with two attached hydrogens (primary N) is 1. The number of ether oxygens (including phenoxy) is 1. The molecule has 0 aromatic heterocycles. The zero-order valence-electron chi connectivity index (χ0n) is 27.3. The Hall–Kier alpha value is -2.99. The molecule has 44 heavy (non-hydrogen) atoms. The molecule has 12 nitrogen and oxygen atoms in total. The Labute approximate surface area is 262 Å². The van der Waals surface area contributed by atoms with Gasteiger partial charge in [0.2, 0.25) is 23.6 Å². The number of carbonyl (C=O) groups is 5. The van der Waals surface area contributed by atoms with Crippen LogP contribution < -0.4 is 16.4 Å². The van der Waals surface area contributed by atoms with E-state index in [0.717, 1.165) is 42.6 Å². The van der Waals surface area contributed by atoms with Gasteiger partial charge in [-0.2, -0.15) is 0 Å². The number of nitrogens with zero attached hydrogens (tertiary/aromatic N) is 1. The third-order valence-electron chi connectivity index (χ3n) is 8.09. The summed E-state index contributed by atoms with van der Waals surface area (Å²) in [6, 6.07) is -2.74. The van der Waals surface area contributed by atoms with E-state index < -0.39 is 73.0 Å². The molecular formula is C32H56N4O8. The summed E-state index contributed by atoms with van der Waals surface area (Å²) in [5.41, 5.74) is 5.23. The van der Waals surface area contributed by atoms with E-state index in [0.29, 0.717) is 6.42 Å². The molecule has 0 aliphatic carbocycles. The lowest BCUT2D eigenvalue weighted by Gasteiger charge is -2.31. The lowest BCUT2D eigenvalue weighted by atomic mass is 9.88. The van der Waals surface area contributed by atoms with Crippen LogP contribution in [0.15, 0.2) is 12.2 Å². The summed E-state index contributed by atoms with van der Waals surface area (Å²) in [6.45, 7) is 6.92. The van der Waals surface area contributed by atoms with Crippen molar-refractivity contribution in [2.24, 2.45) is 23.5 Å². The lowest BCUT2D eigenvalue weighted by molar-refractivity contribution is -0.165. The van der Waals surface area contributed by atoms with Crippen molar-refractivity contribution in [3.63, 3.8) is 0 Å². The van der Waals surface area contributed by atoms with E-state index >= 15 is 0 Å². The fourth-order valence-corrected chi connectivity index (χ4v) is 5.23. The molecule has 0 aromatic carbocycles. The molecule has 0 saturated carbocycles. The summed E-state index contributed by atoms with van der Waals surface area (Å²) >= 11 is 0. The van der Waals surface area contributed by atoms with Gasteiger partial charge >= 0.3 is 5.97 Å². The number of likely N-dealkylation sites (N-methyl/N-ethyl adjacent to an activating group) is 1. The number of hydrogen-bond donors (Lipinski definition) is 5. The van der Waals surface area contributed by atoms with E-state index in [1.165, 1.54) is 51.6 Å². The average molecular weight is 625 g/mol. The Bertz CT molecular complexity index is 957. The quantitative estimate of drug-likeness (QED) is 0.127. The predicted molar refractivity (Wildman–Crippen MR) is 167 cm³/mol. The summed E-state index contributed by atoms with van der Waals surface area (Å²) in [6.07, 6.45) is 11.6. The maximum absolute atomic E-state index is 13.3. The zero-order valence-corrected chi connectivity index (χ0v) is 27.3. The molecule has 0 bridgehead atoms. The van der Waals surface area contributed by atoms with Crippen molar-refractivity contribution in [2.45, 2.75) is 123 Å². The van der Waals surface area contributed by atoms with Gasteiger partial charge in [-0.05, 0) is 18.3 Å². The molecule has 0 radical (unpaired) electrons. The molecule has 4 amide bonds. The largest absolute Gasteiger partial charge is 0.460 e. The minimum absolute atomic E-state index is 0.297. The number of aliphatic hydroxyl groups is 2. The third-order valence-corrected chi connectivity index (χ3v) is 8.09. The molecule has 12 heteroatoms. The highest BCUT2D eigenvalue weighted by Gasteiger charge is 2.39. The molecule has 1 aliphatic rings. The van der Waals surface area contributed by atoms with Crippen molar-refractivity contribution in [3.05, 3.63) is 12.2 Å². The zero-order chi connectivity index (χ0) is 33.2. The predicted octanol–water partition coefficient (Wildman–Crippen LogP) is 1.95. The molecule has 6 N–H and O–H groups in total. The summed E-state index contributed by atoms with van der Waals surface area (Å²) in [7, 11) is 1.32. The van der Waals surface area contributed by atoms with Crippen LogP contribution in [0.1, 0.15) is 98.3 Å². The van der Waals surface area contributed by atoms with Gasteiger partial charge in [-0.25, -0.2) is 4.79 Å². The lowest BCUT2D eigenvalue weighted by Crippen LogP contribution is -2.57. The molecule has 1 aliphatic heterocycles. The number of primary amides is 1. The molecule has 1 heterocycles. The van der Waals surface area contributed by atoms with Gasteiger partial charge < -0.3 is 36.2 Å². The molecule has 0 spiro atoms. The molecule has 1 rings (SSSR count). The minimum Gasteiger partial charge on any atom is -0.460 e. The highest BCUT2D eigenvalue weighted by Crippen LogP contribution is 2.25. The van der Waals surface area contributed by atoms with Gasteiger partial charge in [-0.3, -0.25) is 19.2 Å². The first-order valence-electron chi connectivity index (χ1n) is 16.1. The number of unbranched alkanes of at least 4 members (excludes halogenated alkanes) is 8. The average Bonchev–Trinajstić information content (AvgIpc) is 2.97. The molecule has 6 atom stereocenters. The number of hydrogen-bond acceptors (Lipinski definition) is 8. The first-order valence-corrected chi connectivity index (χ1v) is 16.1. The Morgan fingerprint density at radius 2 is 1.52 bits per heavy atom. The summed E-state index contributed by atoms with van der Waals surface area (Å²) in [5.74, 6) is -4.81. The molecule has 252 valence electrons. The molecule has 0 fully saturated rings. The normalized spacial score (nSPS) is 24.5. The fraction of sp³-hybridized carbons (Fsp3) is 0.781. The minimum atomic E-state index is -2.10. The van der Waals surface area contributed by atoms with Crippen molar-refractivity contribution >= 4 is 29.6 Å². The maximum atomic E-state index is 13.3. The van der Waals surface area contributed by atoms with E-state index in [1.54, 1.807) is 6.92 Å². The van der Waals surface area contributed by atoms with Crippen LogP contribution in [0.4, 0.5) is 0 Å². The van der Waals surface area contributed by atoms with Gasteiger partial charge in [0.1, 0.15) is 6.10 Å². The van der Waals surface area contributed by atoms with Gasteiger partial charge in [-0.15, -0.1) is 0 Å².